The minimum atomic E-state index is 0.00542. The van der Waals surface area contributed by atoms with Crippen molar-refractivity contribution in [1.82, 2.24) is 4.98 Å². The summed E-state index contributed by atoms with van der Waals surface area (Å²) in [5.41, 5.74) is 1.70. The molecule has 0 amide bonds. The summed E-state index contributed by atoms with van der Waals surface area (Å²) in [5.74, 6) is 0.0906. The minimum Gasteiger partial charge on any atom is -0.295 e. The first-order valence-corrected chi connectivity index (χ1v) is 4.39. The number of carbonyl (C=O) groups excluding carboxylic acids is 1. The van der Waals surface area contributed by atoms with Gasteiger partial charge in [0.15, 0.2) is 5.78 Å². The number of nitrogens with zero attached hydrogens (tertiary/aromatic N) is 1. The molecule has 0 fully saturated rings. The molecule has 1 aromatic rings. The van der Waals surface area contributed by atoms with E-state index in [9.17, 15) is 4.79 Å². The summed E-state index contributed by atoms with van der Waals surface area (Å²) >= 11 is 0. The van der Waals surface area contributed by atoms with Crippen molar-refractivity contribution in [3.8, 4) is 0 Å². The molecule has 0 radical (unpaired) electrons. The highest BCUT2D eigenvalue weighted by molar-refractivity contribution is 5.94. The largest absolute Gasteiger partial charge is 0.295 e. The molecule has 0 spiro atoms. The van der Waals surface area contributed by atoms with E-state index < -0.39 is 0 Å². The van der Waals surface area contributed by atoms with E-state index in [2.05, 4.69) is 25.8 Å². The molecule has 0 saturated heterocycles. The van der Waals surface area contributed by atoms with Gasteiger partial charge >= 0.3 is 0 Å². The second-order valence-corrected chi connectivity index (χ2v) is 4.24. The van der Waals surface area contributed by atoms with Crippen LogP contribution >= 0.6 is 0 Å². The lowest BCUT2D eigenvalue weighted by Crippen LogP contribution is -2.14. The topological polar surface area (TPSA) is 30.0 Å². The molecule has 0 N–H and O–H groups in total. The molecule has 2 heteroatoms. The smallest absolute Gasteiger partial charge is 0.159 e. The van der Waals surface area contributed by atoms with Crippen molar-refractivity contribution in [2.24, 2.45) is 0 Å². The van der Waals surface area contributed by atoms with Crippen molar-refractivity contribution >= 4 is 5.78 Å². The van der Waals surface area contributed by atoms with Crippen LogP contribution in [0.25, 0.3) is 0 Å². The highest BCUT2D eigenvalue weighted by Gasteiger charge is 2.15. The molecule has 1 heterocycles. The van der Waals surface area contributed by atoms with Gasteiger partial charge in [-0.05, 0) is 19.1 Å². The van der Waals surface area contributed by atoms with Crippen LogP contribution in [0.2, 0.25) is 0 Å². The molecule has 0 aliphatic heterocycles. The first kappa shape index (κ1) is 9.90. The second-order valence-electron chi connectivity index (χ2n) is 4.24. The van der Waals surface area contributed by atoms with Crippen LogP contribution < -0.4 is 0 Å². The fourth-order valence-corrected chi connectivity index (χ4v) is 1.06. The second kappa shape index (κ2) is 3.29. The Balaban J connectivity index is 3.13. The van der Waals surface area contributed by atoms with Gasteiger partial charge in [-0.25, -0.2) is 0 Å². The van der Waals surface area contributed by atoms with E-state index in [-0.39, 0.29) is 11.2 Å². The van der Waals surface area contributed by atoms with E-state index in [0.717, 1.165) is 11.3 Å². The van der Waals surface area contributed by atoms with Crippen LogP contribution in [-0.2, 0) is 5.41 Å². The van der Waals surface area contributed by atoms with Gasteiger partial charge in [0.1, 0.15) is 0 Å². The summed E-state index contributed by atoms with van der Waals surface area (Å²) in [6, 6.07) is 3.61. The van der Waals surface area contributed by atoms with Crippen LogP contribution in [0.3, 0.4) is 0 Å². The first-order valence-electron chi connectivity index (χ1n) is 4.39. The van der Waals surface area contributed by atoms with Crippen molar-refractivity contribution in [1.29, 1.82) is 0 Å². The van der Waals surface area contributed by atoms with Crippen LogP contribution in [0.15, 0.2) is 18.3 Å². The Morgan fingerprint density at radius 3 is 2.46 bits per heavy atom. The van der Waals surface area contributed by atoms with Gasteiger partial charge in [-0.1, -0.05) is 20.8 Å². The van der Waals surface area contributed by atoms with E-state index in [1.54, 1.807) is 19.2 Å². The lowest BCUT2D eigenvalue weighted by Gasteiger charge is -2.17. The molecular weight excluding hydrogens is 162 g/mol. The molecule has 13 heavy (non-hydrogen) atoms. The Bertz CT molecular complexity index is 323. The van der Waals surface area contributed by atoms with Crippen LogP contribution in [-0.4, -0.2) is 10.8 Å². The third kappa shape index (κ3) is 2.38. The molecule has 0 aliphatic rings. The minimum absolute atomic E-state index is 0.00542. The van der Waals surface area contributed by atoms with Crippen LogP contribution in [0.5, 0.6) is 0 Å². The molecule has 2 nitrogen and oxygen atoms in total. The summed E-state index contributed by atoms with van der Waals surface area (Å²) in [6.07, 6.45) is 1.69. The third-order valence-corrected chi connectivity index (χ3v) is 1.93. The standard InChI is InChI=1S/C11H15NO/c1-8(13)9-5-6-12-10(7-9)11(2,3)4/h5-7H,1-4H3. The molecule has 0 aliphatic carbocycles. The summed E-state index contributed by atoms with van der Waals surface area (Å²) in [7, 11) is 0. The maximum Gasteiger partial charge on any atom is 0.159 e. The monoisotopic (exact) mass is 177 g/mol. The fraction of sp³-hybridized carbons (Fsp3) is 0.455. The van der Waals surface area contributed by atoms with E-state index >= 15 is 0 Å². The molecule has 0 bridgehead atoms. The molecule has 1 aromatic heterocycles. The van der Waals surface area contributed by atoms with Gasteiger partial charge in [-0.2, -0.15) is 0 Å². The number of rotatable bonds is 1. The average molecular weight is 177 g/mol. The number of ketones is 1. The van der Waals surface area contributed by atoms with Gasteiger partial charge in [0, 0.05) is 22.9 Å². The summed E-state index contributed by atoms with van der Waals surface area (Å²) in [6.45, 7) is 7.82. The lowest BCUT2D eigenvalue weighted by molar-refractivity contribution is 0.101. The van der Waals surface area contributed by atoms with Crippen molar-refractivity contribution in [3.05, 3.63) is 29.6 Å². The van der Waals surface area contributed by atoms with E-state index in [0.29, 0.717) is 0 Å². The molecule has 1 rings (SSSR count). The molecule has 0 aromatic carbocycles. The Morgan fingerprint density at radius 1 is 1.38 bits per heavy atom. The summed E-state index contributed by atoms with van der Waals surface area (Å²) in [4.78, 5) is 15.3. The average Bonchev–Trinajstić information content (AvgIpc) is 2.03. The van der Waals surface area contributed by atoms with Crippen molar-refractivity contribution in [2.75, 3.05) is 0 Å². The maximum atomic E-state index is 11.1. The van der Waals surface area contributed by atoms with Crippen molar-refractivity contribution < 1.29 is 4.79 Å². The van der Waals surface area contributed by atoms with E-state index in [1.165, 1.54) is 0 Å². The van der Waals surface area contributed by atoms with Crippen LogP contribution in [0.4, 0.5) is 0 Å². The van der Waals surface area contributed by atoms with Gasteiger partial charge in [0.05, 0.1) is 0 Å². The number of carbonyl (C=O) groups is 1. The number of hydrogen-bond acceptors (Lipinski definition) is 2. The highest BCUT2D eigenvalue weighted by atomic mass is 16.1. The van der Waals surface area contributed by atoms with Crippen molar-refractivity contribution in [2.45, 2.75) is 33.1 Å². The Labute approximate surface area is 79.0 Å². The molecule has 0 atom stereocenters. The summed E-state index contributed by atoms with van der Waals surface area (Å²) < 4.78 is 0. The number of aromatic nitrogens is 1. The normalized spacial score (nSPS) is 11.4. The number of pyridine rings is 1. The Morgan fingerprint density at radius 2 is 2.00 bits per heavy atom. The Kier molecular flexibility index (Phi) is 2.50. The molecule has 0 unspecified atom stereocenters. The first-order chi connectivity index (χ1) is 5.91. The predicted octanol–water partition coefficient (Wildman–Crippen LogP) is 2.58. The maximum absolute atomic E-state index is 11.1. The molecule has 70 valence electrons. The number of Topliss-reactive ketones (excluding diaryl/α,β-unsaturated/α-hetero) is 1. The zero-order valence-corrected chi connectivity index (χ0v) is 8.59. The Hall–Kier alpha value is -1.18. The highest BCUT2D eigenvalue weighted by Crippen LogP contribution is 2.20. The van der Waals surface area contributed by atoms with Gasteiger partial charge in [-0.3, -0.25) is 9.78 Å². The van der Waals surface area contributed by atoms with Crippen LogP contribution in [0.1, 0.15) is 43.7 Å². The fourth-order valence-electron chi connectivity index (χ4n) is 1.06. The zero-order chi connectivity index (χ0) is 10.1. The summed E-state index contributed by atoms with van der Waals surface area (Å²) in [5, 5.41) is 0. The molecular formula is C11H15NO. The third-order valence-electron chi connectivity index (χ3n) is 1.93. The van der Waals surface area contributed by atoms with E-state index in [4.69, 9.17) is 0 Å². The zero-order valence-electron chi connectivity index (χ0n) is 8.59. The van der Waals surface area contributed by atoms with Gasteiger partial charge in [0.2, 0.25) is 0 Å². The van der Waals surface area contributed by atoms with Gasteiger partial charge in [-0.15, -0.1) is 0 Å². The quantitative estimate of drug-likeness (QED) is 0.617. The van der Waals surface area contributed by atoms with E-state index in [1.807, 2.05) is 6.07 Å². The molecule has 0 saturated carbocycles. The number of hydrogen-bond donors (Lipinski definition) is 0. The van der Waals surface area contributed by atoms with Gasteiger partial charge in [0.25, 0.3) is 0 Å². The van der Waals surface area contributed by atoms with Crippen LogP contribution in [0, 0.1) is 0 Å². The predicted molar refractivity (Wildman–Crippen MR) is 52.9 cm³/mol. The van der Waals surface area contributed by atoms with Gasteiger partial charge < -0.3 is 0 Å². The van der Waals surface area contributed by atoms with Crippen molar-refractivity contribution in [3.63, 3.8) is 0 Å². The lowest BCUT2D eigenvalue weighted by atomic mass is 9.90. The SMILES string of the molecule is CC(=O)c1ccnc(C(C)(C)C)c1.